The minimum atomic E-state index is 0.0853. The summed E-state index contributed by atoms with van der Waals surface area (Å²) in [6.45, 7) is 5.80. The molecule has 2 unspecified atom stereocenters. The van der Waals surface area contributed by atoms with Gasteiger partial charge in [-0.3, -0.25) is 0 Å². The van der Waals surface area contributed by atoms with E-state index in [1.165, 1.54) is 24.0 Å². The minimum Gasteiger partial charge on any atom is -0.487 e. The van der Waals surface area contributed by atoms with Crippen LogP contribution < -0.4 is 10.1 Å². The molecule has 3 aliphatic heterocycles. The predicted molar refractivity (Wildman–Crippen MR) is 89.4 cm³/mol. The van der Waals surface area contributed by atoms with Gasteiger partial charge in [-0.1, -0.05) is 19.1 Å². The number of benzene rings is 1. The average molecular weight is 300 g/mol. The first-order chi connectivity index (χ1) is 10.6. The van der Waals surface area contributed by atoms with E-state index in [1.807, 2.05) is 0 Å². The first-order valence-electron chi connectivity index (χ1n) is 8.87. The third-order valence-corrected chi connectivity index (χ3v) is 5.89. The molecule has 0 radical (unpaired) electrons. The van der Waals surface area contributed by atoms with E-state index in [2.05, 4.69) is 42.4 Å². The van der Waals surface area contributed by atoms with Crippen molar-refractivity contribution in [3.8, 4) is 5.75 Å². The van der Waals surface area contributed by atoms with Crippen molar-refractivity contribution >= 4 is 0 Å². The van der Waals surface area contributed by atoms with E-state index in [0.717, 1.165) is 50.6 Å². The monoisotopic (exact) mass is 300 g/mol. The Morgan fingerprint density at radius 1 is 1.23 bits per heavy atom. The summed E-state index contributed by atoms with van der Waals surface area (Å²) in [6, 6.07) is 7.45. The molecule has 2 fully saturated rings. The fourth-order valence-corrected chi connectivity index (χ4v) is 4.26. The maximum atomic E-state index is 6.40. The van der Waals surface area contributed by atoms with Crippen molar-refractivity contribution in [3.63, 3.8) is 0 Å². The number of rotatable bonds is 1. The molecule has 0 saturated carbocycles. The highest BCUT2D eigenvalue weighted by Gasteiger charge is 2.41. The Balaban J connectivity index is 1.50. The van der Waals surface area contributed by atoms with Crippen LogP contribution in [-0.2, 0) is 6.42 Å². The molecule has 1 aromatic rings. The summed E-state index contributed by atoms with van der Waals surface area (Å²) in [4.78, 5) is 2.41. The Morgan fingerprint density at radius 2 is 2.05 bits per heavy atom. The van der Waals surface area contributed by atoms with Crippen molar-refractivity contribution in [3.05, 3.63) is 29.3 Å². The lowest BCUT2D eigenvalue weighted by molar-refractivity contribution is 0.0271. The zero-order chi connectivity index (χ0) is 15.2. The van der Waals surface area contributed by atoms with Gasteiger partial charge in [-0.2, -0.15) is 0 Å². The van der Waals surface area contributed by atoms with Gasteiger partial charge in [-0.25, -0.2) is 0 Å². The Bertz CT molecular complexity index is 540. The number of nitrogens with one attached hydrogen (secondary N) is 1. The Labute approximate surface area is 134 Å². The molecule has 1 spiro atoms. The van der Waals surface area contributed by atoms with Crippen molar-refractivity contribution in [2.24, 2.45) is 5.92 Å². The Morgan fingerprint density at radius 3 is 2.77 bits per heavy atom. The molecule has 3 nitrogen and oxygen atoms in total. The van der Waals surface area contributed by atoms with Crippen LogP contribution in [0.15, 0.2) is 18.2 Å². The second kappa shape index (κ2) is 5.54. The van der Waals surface area contributed by atoms with Crippen LogP contribution >= 0.6 is 0 Å². The molecule has 1 aromatic carbocycles. The molecule has 3 heteroatoms. The predicted octanol–water partition coefficient (Wildman–Crippen LogP) is 3.15. The van der Waals surface area contributed by atoms with Gasteiger partial charge >= 0.3 is 0 Å². The quantitative estimate of drug-likeness (QED) is 0.862. The maximum absolute atomic E-state index is 6.40. The zero-order valence-electron chi connectivity index (χ0n) is 13.9. The fourth-order valence-electron chi connectivity index (χ4n) is 4.26. The van der Waals surface area contributed by atoms with Crippen molar-refractivity contribution in [1.29, 1.82) is 0 Å². The van der Waals surface area contributed by atoms with Crippen LogP contribution in [0.25, 0.3) is 0 Å². The lowest BCUT2D eigenvalue weighted by atomic mass is 9.86. The van der Waals surface area contributed by atoms with Crippen LogP contribution in [0.1, 0.15) is 49.8 Å². The van der Waals surface area contributed by atoms with Gasteiger partial charge in [0.25, 0.3) is 0 Å². The van der Waals surface area contributed by atoms with Gasteiger partial charge in [0.2, 0.25) is 0 Å². The van der Waals surface area contributed by atoms with E-state index in [4.69, 9.17) is 4.74 Å². The third kappa shape index (κ3) is 2.65. The molecule has 120 valence electrons. The second-order valence-electron chi connectivity index (χ2n) is 7.78. The van der Waals surface area contributed by atoms with Gasteiger partial charge in [-0.05, 0) is 49.5 Å². The van der Waals surface area contributed by atoms with Gasteiger partial charge < -0.3 is 15.0 Å². The number of nitrogens with zero attached hydrogens (tertiary/aromatic N) is 1. The first kappa shape index (κ1) is 14.5. The lowest BCUT2D eigenvalue weighted by Gasteiger charge is -2.37. The van der Waals surface area contributed by atoms with E-state index in [0.29, 0.717) is 6.04 Å². The van der Waals surface area contributed by atoms with Crippen LogP contribution in [0, 0.1) is 5.92 Å². The summed E-state index contributed by atoms with van der Waals surface area (Å²) >= 11 is 0. The molecular weight excluding hydrogens is 272 g/mol. The van der Waals surface area contributed by atoms with Crippen LogP contribution in [0.5, 0.6) is 5.75 Å². The van der Waals surface area contributed by atoms with Gasteiger partial charge in [0.05, 0.1) is 0 Å². The molecule has 0 bridgehead atoms. The summed E-state index contributed by atoms with van der Waals surface area (Å²) in [5, 5.41) is 3.71. The van der Waals surface area contributed by atoms with E-state index >= 15 is 0 Å². The molecule has 2 atom stereocenters. The number of likely N-dealkylation sites (tertiary alicyclic amines) is 1. The second-order valence-corrected chi connectivity index (χ2v) is 7.78. The number of fused-ring (bicyclic) bond motifs is 1. The van der Waals surface area contributed by atoms with Gasteiger partial charge in [0, 0.05) is 38.4 Å². The SMILES string of the molecule is CC1CCC(c2ccc3c(c2)CC2(CCN(C)CC2)O3)NC1. The Kier molecular flexibility index (Phi) is 3.66. The molecular formula is C19H28N2O. The normalized spacial score (nSPS) is 31.0. The summed E-state index contributed by atoms with van der Waals surface area (Å²) in [6.07, 6.45) is 6.02. The highest BCUT2D eigenvalue weighted by molar-refractivity contribution is 5.43. The number of hydrogen-bond donors (Lipinski definition) is 1. The maximum Gasteiger partial charge on any atom is 0.123 e. The molecule has 0 aromatic heterocycles. The van der Waals surface area contributed by atoms with E-state index in [9.17, 15) is 0 Å². The summed E-state index contributed by atoms with van der Waals surface area (Å²) in [5.74, 6) is 1.95. The van der Waals surface area contributed by atoms with Gasteiger partial charge in [-0.15, -0.1) is 0 Å². The Hall–Kier alpha value is -1.06. The van der Waals surface area contributed by atoms with Crippen molar-refractivity contribution < 1.29 is 4.74 Å². The zero-order valence-corrected chi connectivity index (χ0v) is 13.9. The van der Waals surface area contributed by atoms with Crippen LogP contribution in [0.3, 0.4) is 0 Å². The van der Waals surface area contributed by atoms with E-state index < -0.39 is 0 Å². The largest absolute Gasteiger partial charge is 0.487 e. The highest BCUT2D eigenvalue weighted by Crippen LogP contribution is 2.42. The summed E-state index contributed by atoms with van der Waals surface area (Å²) in [5.41, 5.74) is 2.98. The fraction of sp³-hybridized carbons (Fsp3) is 0.684. The average Bonchev–Trinajstić information content (AvgIpc) is 2.88. The molecule has 0 amide bonds. The lowest BCUT2D eigenvalue weighted by Crippen LogP contribution is -2.45. The molecule has 3 aliphatic rings. The molecule has 3 heterocycles. The van der Waals surface area contributed by atoms with E-state index in [-0.39, 0.29) is 5.60 Å². The van der Waals surface area contributed by atoms with E-state index in [1.54, 1.807) is 0 Å². The number of hydrogen-bond acceptors (Lipinski definition) is 3. The summed E-state index contributed by atoms with van der Waals surface area (Å²) in [7, 11) is 2.21. The number of piperidine rings is 2. The summed E-state index contributed by atoms with van der Waals surface area (Å²) < 4.78 is 6.40. The first-order valence-corrected chi connectivity index (χ1v) is 8.87. The topological polar surface area (TPSA) is 24.5 Å². The highest BCUT2D eigenvalue weighted by atomic mass is 16.5. The van der Waals surface area contributed by atoms with Crippen LogP contribution in [-0.4, -0.2) is 37.2 Å². The molecule has 0 aliphatic carbocycles. The minimum absolute atomic E-state index is 0.0853. The van der Waals surface area contributed by atoms with Crippen LogP contribution in [0.4, 0.5) is 0 Å². The molecule has 22 heavy (non-hydrogen) atoms. The molecule has 2 saturated heterocycles. The standard InChI is InChI=1S/C19H28N2O/c1-14-3-5-17(20-13-14)15-4-6-18-16(11-15)12-19(22-18)7-9-21(2)10-8-19/h4,6,11,14,17,20H,3,5,7-10,12-13H2,1-2H3. The van der Waals surface area contributed by atoms with Crippen molar-refractivity contribution in [2.75, 3.05) is 26.7 Å². The molecule has 1 N–H and O–H groups in total. The van der Waals surface area contributed by atoms with Crippen LogP contribution in [0.2, 0.25) is 0 Å². The van der Waals surface area contributed by atoms with Gasteiger partial charge in [0.15, 0.2) is 0 Å². The van der Waals surface area contributed by atoms with Gasteiger partial charge in [0.1, 0.15) is 11.4 Å². The van der Waals surface area contributed by atoms with Crippen molar-refractivity contribution in [2.45, 2.75) is 50.7 Å². The number of ether oxygens (including phenoxy) is 1. The third-order valence-electron chi connectivity index (χ3n) is 5.89. The molecule has 4 rings (SSSR count). The smallest absolute Gasteiger partial charge is 0.123 e. The van der Waals surface area contributed by atoms with Crippen molar-refractivity contribution in [1.82, 2.24) is 10.2 Å².